The van der Waals surface area contributed by atoms with Crippen molar-refractivity contribution in [1.29, 1.82) is 0 Å². The molecule has 0 heterocycles. The zero-order chi connectivity index (χ0) is 14.2. The minimum Gasteiger partial charge on any atom is -0.365 e. The van der Waals surface area contributed by atoms with Crippen molar-refractivity contribution < 1.29 is 9.13 Å². The van der Waals surface area contributed by atoms with Crippen LogP contribution >= 0.6 is 0 Å². The Morgan fingerprint density at radius 1 is 1.10 bits per heavy atom. The SMILES string of the molecule is C=CCO[C@@H](/C=C/c1ccccc1)c1cccc(F)c1. The van der Waals surface area contributed by atoms with Crippen LogP contribution in [-0.2, 0) is 4.74 Å². The van der Waals surface area contributed by atoms with E-state index in [4.69, 9.17) is 4.74 Å². The van der Waals surface area contributed by atoms with Gasteiger partial charge in [-0.25, -0.2) is 4.39 Å². The molecule has 2 heteroatoms. The first-order valence-corrected chi connectivity index (χ1v) is 6.51. The quantitative estimate of drug-likeness (QED) is 0.685. The average molecular weight is 268 g/mol. The van der Waals surface area contributed by atoms with Crippen LogP contribution in [0.4, 0.5) is 4.39 Å². The molecule has 0 aliphatic carbocycles. The Hall–Kier alpha value is -2.19. The number of ether oxygens (including phenoxy) is 1. The molecule has 1 atom stereocenters. The number of rotatable bonds is 6. The summed E-state index contributed by atoms with van der Waals surface area (Å²) in [4.78, 5) is 0. The molecule has 2 aromatic carbocycles. The molecule has 0 radical (unpaired) electrons. The van der Waals surface area contributed by atoms with Crippen molar-refractivity contribution in [2.24, 2.45) is 0 Å². The van der Waals surface area contributed by atoms with Crippen molar-refractivity contribution in [1.82, 2.24) is 0 Å². The van der Waals surface area contributed by atoms with Gasteiger partial charge in [-0.2, -0.15) is 0 Å². The van der Waals surface area contributed by atoms with Crippen LogP contribution in [0.15, 0.2) is 73.3 Å². The van der Waals surface area contributed by atoms with E-state index in [2.05, 4.69) is 6.58 Å². The lowest BCUT2D eigenvalue weighted by Gasteiger charge is -2.13. The summed E-state index contributed by atoms with van der Waals surface area (Å²) in [7, 11) is 0. The van der Waals surface area contributed by atoms with Crippen molar-refractivity contribution in [2.45, 2.75) is 6.10 Å². The van der Waals surface area contributed by atoms with Crippen molar-refractivity contribution in [3.05, 3.63) is 90.3 Å². The van der Waals surface area contributed by atoms with E-state index < -0.39 is 0 Å². The number of hydrogen-bond donors (Lipinski definition) is 0. The molecule has 0 fully saturated rings. The fourth-order valence-electron chi connectivity index (χ4n) is 1.88. The molecule has 2 rings (SSSR count). The van der Waals surface area contributed by atoms with E-state index in [0.717, 1.165) is 11.1 Å². The molecule has 0 spiro atoms. The highest BCUT2D eigenvalue weighted by molar-refractivity contribution is 5.50. The summed E-state index contributed by atoms with van der Waals surface area (Å²) in [6, 6.07) is 16.4. The smallest absolute Gasteiger partial charge is 0.123 e. The molecule has 2 aromatic rings. The molecular weight excluding hydrogens is 251 g/mol. The van der Waals surface area contributed by atoms with Crippen LogP contribution in [0.2, 0.25) is 0 Å². The van der Waals surface area contributed by atoms with E-state index in [1.807, 2.05) is 48.6 Å². The summed E-state index contributed by atoms with van der Waals surface area (Å²) in [5.74, 6) is -0.261. The largest absolute Gasteiger partial charge is 0.365 e. The van der Waals surface area contributed by atoms with Gasteiger partial charge in [0, 0.05) is 0 Å². The Morgan fingerprint density at radius 3 is 2.60 bits per heavy atom. The second-order valence-corrected chi connectivity index (χ2v) is 4.37. The normalized spacial score (nSPS) is 12.4. The lowest BCUT2D eigenvalue weighted by molar-refractivity contribution is 0.110. The lowest BCUT2D eigenvalue weighted by atomic mass is 10.1. The molecule has 20 heavy (non-hydrogen) atoms. The van der Waals surface area contributed by atoms with Crippen molar-refractivity contribution >= 4 is 6.08 Å². The van der Waals surface area contributed by atoms with E-state index >= 15 is 0 Å². The summed E-state index contributed by atoms with van der Waals surface area (Å²) >= 11 is 0. The minimum atomic E-state index is -0.288. The van der Waals surface area contributed by atoms with Crippen LogP contribution in [0.1, 0.15) is 17.2 Å². The maximum atomic E-state index is 13.3. The van der Waals surface area contributed by atoms with Gasteiger partial charge in [0.15, 0.2) is 0 Å². The van der Waals surface area contributed by atoms with Gasteiger partial charge in [0.1, 0.15) is 11.9 Å². The third-order valence-electron chi connectivity index (χ3n) is 2.83. The number of hydrogen-bond acceptors (Lipinski definition) is 1. The maximum absolute atomic E-state index is 13.3. The topological polar surface area (TPSA) is 9.23 Å². The van der Waals surface area contributed by atoms with Gasteiger partial charge in [0.25, 0.3) is 0 Å². The van der Waals surface area contributed by atoms with Crippen LogP contribution in [0, 0.1) is 5.82 Å². The average Bonchev–Trinajstić information content (AvgIpc) is 2.48. The fourth-order valence-corrected chi connectivity index (χ4v) is 1.88. The van der Waals surface area contributed by atoms with Gasteiger partial charge >= 0.3 is 0 Å². The summed E-state index contributed by atoms with van der Waals surface area (Å²) in [6.07, 6.45) is 5.29. The first kappa shape index (κ1) is 14.2. The molecule has 0 bridgehead atoms. The highest BCUT2D eigenvalue weighted by atomic mass is 19.1. The molecule has 102 valence electrons. The Morgan fingerprint density at radius 2 is 1.90 bits per heavy atom. The predicted molar refractivity (Wildman–Crippen MR) is 80.8 cm³/mol. The molecule has 0 unspecified atom stereocenters. The van der Waals surface area contributed by atoms with Crippen LogP contribution < -0.4 is 0 Å². The Balaban J connectivity index is 2.19. The van der Waals surface area contributed by atoms with Gasteiger partial charge in [-0.1, -0.05) is 60.7 Å². The van der Waals surface area contributed by atoms with Crippen molar-refractivity contribution in [3.8, 4) is 0 Å². The summed E-state index contributed by atoms with van der Waals surface area (Å²) in [5, 5.41) is 0. The summed E-state index contributed by atoms with van der Waals surface area (Å²) in [5.41, 5.74) is 1.87. The standard InChI is InChI=1S/C18H17FO/c1-2-13-20-18(16-9-6-10-17(19)14-16)12-11-15-7-4-3-5-8-15/h2-12,14,18H,1,13H2/b12-11+/t18-/m0/s1. The van der Waals surface area contributed by atoms with Gasteiger partial charge < -0.3 is 4.74 Å². The number of halogens is 1. The zero-order valence-corrected chi connectivity index (χ0v) is 11.2. The second kappa shape index (κ2) is 7.41. The molecule has 0 aliphatic rings. The monoisotopic (exact) mass is 268 g/mol. The molecular formula is C18H17FO. The Bertz CT molecular complexity index is 575. The van der Waals surface area contributed by atoms with Crippen LogP contribution in [-0.4, -0.2) is 6.61 Å². The highest BCUT2D eigenvalue weighted by Gasteiger charge is 2.08. The van der Waals surface area contributed by atoms with Gasteiger partial charge in [-0.3, -0.25) is 0 Å². The molecule has 0 aliphatic heterocycles. The molecule has 0 N–H and O–H groups in total. The van der Waals surface area contributed by atoms with Crippen LogP contribution in [0.25, 0.3) is 6.08 Å². The van der Waals surface area contributed by atoms with E-state index in [9.17, 15) is 4.39 Å². The van der Waals surface area contributed by atoms with Crippen LogP contribution in [0.5, 0.6) is 0 Å². The Labute approximate surface area is 119 Å². The molecule has 1 nitrogen and oxygen atoms in total. The van der Waals surface area contributed by atoms with Gasteiger partial charge in [-0.05, 0) is 23.3 Å². The van der Waals surface area contributed by atoms with E-state index in [1.54, 1.807) is 12.1 Å². The first-order valence-electron chi connectivity index (χ1n) is 6.51. The third kappa shape index (κ3) is 4.18. The fraction of sp³-hybridized carbons (Fsp3) is 0.111. The molecule has 0 saturated heterocycles. The van der Waals surface area contributed by atoms with Gasteiger partial charge in [-0.15, -0.1) is 6.58 Å². The van der Waals surface area contributed by atoms with Crippen LogP contribution in [0.3, 0.4) is 0 Å². The van der Waals surface area contributed by atoms with Crippen molar-refractivity contribution in [3.63, 3.8) is 0 Å². The van der Waals surface area contributed by atoms with E-state index in [0.29, 0.717) is 6.61 Å². The third-order valence-corrected chi connectivity index (χ3v) is 2.83. The number of benzene rings is 2. The van der Waals surface area contributed by atoms with Gasteiger partial charge in [0.05, 0.1) is 6.61 Å². The maximum Gasteiger partial charge on any atom is 0.123 e. The molecule has 0 aromatic heterocycles. The summed E-state index contributed by atoms with van der Waals surface area (Å²) in [6.45, 7) is 4.06. The predicted octanol–water partition coefficient (Wildman–Crippen LogP) is 4.78. The summed E-state index contributed by atoms with van der Waals surface area (Å²) < 4.78 is 19.0. The van der Waals surface area contributed by atoms with E-state index in [-0.39, 0.29) is 11.9 Å². The lowest BCUT2D eigenvalue weighted by Crippen LogP contribution is -2.02. The van der Waals surface area contributed by atoms with Gasteiger partial charge in [0.2, 0.25) is 0 Å². The molecule has 0 amide bonds. The second-order valence-electron chi connectivity index (χ2n) is 4.37. The Kier molecular flexibility index (Phi) is 5.27. The zero-order valence-electron chi connectivity index (χ0n) is 11.2. The minimum absolute atomic E-state index is 0.261. The highest BCUT2D eigenvalue weighted by Crippen LogP contribution is 2.21. The van der Waals surface area contributed by atoms with E-state index in [1.165, 1.54) is 12.1 Å². The molecule has 0 saturated carbocycles. The van der Waals surface area contributed by atoms with Crippen molar-refractivity contribution in [2.75, 3.05) is 6.61 Å². The first-order chi connectivity index (χ1) is 9.79.